The molecule has 1 saturated heterocycles. The van der Waals surface area contributed by atoms with Gasteiger partial charge in [-0.15, -0.1) is 5.10 Å². The van der Waals surface area contributed by atoms with Crippen LogP contribution in [0.15, 0.2) is 24.4 Å². The summed E-state index contributed by atoms with van der Waals surface area (Å²) >= 11 is 0. The Kier molecular flexibility index (Phi) is 4.25. The van der Waals surface area contributed by atoms with E-state index in [4.69, 9.17) is 10.1 Å². The van der Waals surface area contributed by atoms with Crippen LogP contribution < -0.4 is 5.32 Å². The third-order valence-corrected chi connectivity index (χ3v) is 4.91. The second-order valence-corrected chi connectivity index (χ2v) is 7.10. The number of hydrogen-bond donors (Lipinski definition) is 1. The predicted octanol–water partition coefficient (Wildman–Crippen LogP) is 1.29. The van der Waals surface area contributed by atoms with Gasteiger partial charge in [-0.3, -0.25) is 9.69 Å². The van der Waals surface area contributed by atoms with Crippen LogP contribution in [-0.2, 0) is 11.2 Å². The lowest BCUT2D eigenvalue weighted by molar-refractivity contribution is -0.130. The summed E-state index contributed by atoms with van der Waals surface area (Å²) in [6.45, 7) is 5.82. The summed E-state index contributed by atoms with van der Waals surface area (Å²) in [6, 6.07) is 5.85. The zero-order valence-corrected chi connectivity index (χ0v) is 14.7. The van der Waals surface area contributed by atoms with Crippen LogP contribution in [0.5, 0.6) is 0 Å². The highest BCUT2D eigenvalue weighted by Crippen LogP contribution is 2.38. The van der Waals surface area contributed by atoms with Crippen LogP contribution in [0.4, 0.5) is 0 Å². The summed E-state index contributed by atoms with van der Waals surface area (Å²) in [5.41, 5.74) is 0. The Hall–Kier alpha value is -2.28. The Morgan fingerprint density at radius 1 is 1.32 bits per heavy atom. The molecule has 1 saturated carbocycles. The molecule has 2 aromatic rings. The minimum absolute atomic E-state index is 0.0727. The first-order valence-electron chi connectivity index (χ1n) is 9.04. The lowest BCUT2D eigenvalue weighted by Gasteiger charge is -2.37. The van der Waals surface area contributed by atoms with Crippen molar-refractivity contribution in [2.75, 3.05) is 13.1 Å². The molecule has 2 aliphatic rings. The molecule has 132 valence electrons. The number of carbonyl (C=O) groups is 1. The molecule has 0 bridgehead atoms. The van der Waals surface area contributed by atoms with Crippen molar-refractivity contribution in [1.29, 1.82) is 0 Å². The molecule has 2 fully saturated rings. The second kappa shape index (κ2) is 6.55. The molecule has 1 aliphatic carbocycles. The minimum atomic E-state index is -0.215. The molecule has 4 rings (SSSR count). The Labute approximate surface area is 147 Å². The van der Waals surface area contributed by atoms with Crippen LogP contribution in [0.25, 0.3) is 5.82 Å². The number of nitrogens with zero attached hydrogens (tertiary/aromatic N) is 5. The van der Waals surface area contributed by atoms with Gasteiger partial charge in [0.05, 0.1) is 6.04 Å². The molecule has 3 heterocycles. The van der Waals surface area contributed by atoms with E-state index in [2.05, 4.69) is 29.0 Å². The van der Waals surface area contributed by atoms with Crippen LogP contribution in [-0.4, -0.2) is 55.7 Å². The third kappa shape index (κ3) is 3.28. The summed E-state index contributed by atoms with van der Waals surface area (Å²) in [4.78, 5) is 23.9. The molecular weight excluding hydrogens is 316 g/mol. The van der Waals surface area contributed by atoms with Crippen molar-refractivity contribution in [3.8, 4) is 5.82 Å². The van der Waals surface area contributed by atoms with E-state index in [9.17, 15) is 4.79 Å². The highest BCUT2D eigenvalue weighted by Gasteiger charge is 2.35. The Morgan fingerprint density at radius 2 is 2.16 bits per heavy atom. The van der Waals surface area contributed by atoms with Crippen molar-refractivity contribution >= 4 is 5.91 Å². The molecule has 7 nitrogen and oxygen atoms in total. The topological polar surface area (TPSA) is 75.9 Å². The smallest absolute Gasteiger partial charge is 0.237 e. The molecule has 1 atom stereocenters. The fourth-order valence-corrected chi connectivity index (χ4v) is 3.40. The maximum absolute atomic E-state index is 12.5. The molecule has 1 unspecified atom stereocenters. The summed E-state index contributed by atoms with van der Waals surface area (Å²) in [7, 11) is 0. The standard InChI is InChI=1S/C18H24N6O/c1-12(2)23-10-9-20-18(25)14(23)11-16-21-17(13-6-7-13)22-24(16)15-5-3-4-8-19-15/h3-5,8,12-14H,6-7,9-11H2,1-2H3,(H,20,25). The first-order chi connectivity index (χ1) is 12.1. The predicted molar refractivity (Wildman–Crippen MR) is 93.5 cm³/mol. The van der Waals surface area contributed by atoms with E-state index in [0.29, 0.717) is 24.9 Å². The molecule has 7 heteroatoms. The number of carbonyl (C=O) groups excluding carboxylic acids is 1. The average Bonchev–Trinajstić information content (AvgIpc) is 3.38. The summed E-state index contributed by atoms with van der Waals surface area (Å²) in [5.74, 6) is 2.99. The molecule has 2 aromatic heterocycles. The van der Waals surface area contributed by atoms with Gasteiger partial charge in [0.15, 0.2) is 11.6 Å². The number of piperazine rings is 1. The molecule has 25 heavy (non-hydrogen) atoms. The molecule has 1 amide bonds. The van der Waals surface area contributed by atoms with Crippen molar-refractivity contribution in [2.45, 2.75) is 51.1 Å². The number of hydrogen-bond acceptors (Lipinski definition) is 5. The van der Waals surface area contributed by atoms with E-state index >= 15 is 0 Å². The van der Waals surface area contributed by atoms with Crippen molar-refractivity contribution in [1.82, 2.24) is 30.0 Å². The van der Waals surface area contributed by atoms with Gasteiger partial charge in [0.2, 0.25) is 5.91 Å². The van der Waals surface area contributed by atoms with Crippen LogP contribution in [0.1, 0.15) is 44.3 Å². The molecule has 0 aromatic carbocycles. The monoisotopic (exact) mass is 340 g/mol. The minimum Gasteiger partial charge on any atom is -0.353 e. The van der Waals surface area contributed by atoms with Crippen molar-refractivity contribution in [3.63, 3.8) is 0 Å². The van der Waals surface area contributed by atoms with E-state index in [1.165, 1.54) is 0 Å². The van der Waals surface area contributed by atoms with Gasteiger partial charge in [0.1, 0.15) is 5.82 Å². The van der Waals surface area contributed by atoms with Crippen LogP contribution in [0, 0.1) is 0 Å². The van der Waals surface area contributed by atoms with Gasteiger partial charge in [0.25, 0.3) is 0 Å². The second-order valence-electron chi connectivity index (χ2n) is 7.10. The number of aromatic nitrogens is 4. The molecule has 1 aliphatic heterocycles. The van der Waals surface area contributed by atoms with Gasteiger partial charge in [-0.25, -0.2) is 9.97 Å². The number of amides is 1. The zero-order valence-electron chi connectivity index (χ0n) is 14.7. The Balaban J connectivity index is 1.68. The Morgan fingerprint density at radius 3 is 2.84 bits per heavy atom. The SMILES string of the molecule is CC(C)N1CCNC(=O)C1Cc1nc(C2CC2)nn1-c1ccccn1. The van der Waals surface area contributed by atoms with Gasteiger partial charge >= 0.3 is 0 Å². The maximum Gasteiger partial charge on any atom is 0.237 e. The third-order valence-electron chi connectivity index (χ3n) is 4.91. The highest BCUT2D eigenvalue weighted by molar-refractivity contribution is 5.82. The van der Waals surface area contributed by atoms with Crippen molar-refractivity contribution in [2.24, 2.45) is 0 Å². The average molecular weight is 340 g/mol. The van der Waals surface area contributed by atoms with Crippen molar-refractivity contribution in [3.05, 3.63) is 36.0 Å². The van der Waals surface area contributed by atoms with Crippen LogP contribution in [0.2, 0.25) is 0 Å². The summed E-state index contributed by atoms with van der Waals surface area (Å²) in [6.07, 6.45) is 4.59. The van der Waals surface area contributed by atoms with Gasteiger partial charge in [-0.1, -0.05) is 6.07 Å². The lowest BCUT2D eigenvalue weighted by Crippen LogP contribution is -2.58. The molecule has 0 spiro atoms. The fourth-order valence-electron chi connectivity index (χ4n) is 3.40. The lowest BCUT2D eigenvalue weighted by atomic mass is 10.1. The van der Waals surface area contributed by atoms with E-state index < -0.39 is 0 Å². The van der Waals surface area contributed by atoms with Gasteiger partial charge < -0.3 is 5.32 Å². The summed E-state index contributed by atoms with van der Waals surface area (Å²) in [5, 5.41) is 7.68. The van der Waals surface area contributed by atoms with Gasteiger partial charge in [0, 0.05) is 37.7 Å². The Bertz CT molecular complexity index is 752. The van der Waals surface area contributed by atoms with Crippen LogP contribution in [0.3, 0.4) is 0 Å². The fraction of sp³-hybridized carbons (Fsp3) is 0.556. The van der Waals surface area contributed by atoms with Gasteiger partial charge in [-0.05, 0) is 38.8 Å². The first kappa shape index (κ1) is 16.2. The highest BCUT2D eigenvalue weighted by atomic mass is 16.2. The molecule has 0 radical (unpaired) electrons. The van der Waals surface area contributed by atoms with E-state index in [-0.39, 0.29) is 11.9 Å². The first-order valence-corrected chi connectivity index (χ1v) is 9.04. The number of nitrogens with one attached hydrogen (secondary N) is 1. The molecule has 1 N–H and O–H groups in total. The number of pyridine rings is 1. The summed E-state index contributed by atoms with van der Waals surface area (Å²) < 4.78 is 1.81. The van der Waals surface area contributed by atoms with Crippen molar-refractivity contribution < 1.29 is 4.79 Å². The largest absolute Gasteiger partial charge is 0.353 e. The molecular formula is C18H24N6O. The van der Waals surface area contributed by atoms with E-state index in [1.54, 1.807) is 6.20 Å². The normalized spacial score (nSPS) is 21.6. The van der Waals surface area contributed by atoms with Gasteiger partial charge in [-0.2, -0.15) is 4.68 Å². The van der Waals surface area contributed by atoms with E-state index in [1.807, 2.05) is 22.9 Å². The van der Waals surface area contributed by atoms with E-state index in [0.717, 1.165) is 36.9 Å². The number of rotatable bonds is 5. The maximum atomic E-state index is 12.5. The zero-order chi connectivity index (χ0) is 17.4. The quantitative estimate of drug-likeness (QED) is 0.888. The van der Waals surface area contributed by atoms with Crippen LogP contribution >= 0.6 is 0 Å².